The van der Waals surface area contributed by atoms with Gasteiger partial charge in [-0.15, -0.1) is 0 Å². The number of para-hydroxylation sites is 1. The molecule has 0 saturated heterocycles. The van der Waals surface area contributed by atoms with Crippen molar-refractivity contribution in [2.24, 2.45) is 5.92 Å². The van der Waals surface area contributed by atoms with Crippen molar-refractivity contribution >= 4 is 40.1 Å². The molecule has 0 fully saturated rings. The molecule has 2 aromatic carbocycles. The smallest absolute Gasteiger partial charge is 0.226 e. The summed E-state index contributed by atoms with van der Waals surface area (Å²) in [7, 11) is 0. The predicted octanol–water partition coefficient (Wildman–Crippen LogP) is 5.28. The Labute approximate surface area is 168 Å². The SMILES string of the molecule is CC(C)CNc1nc(Nc2cccc(Cl)c2)c2cnn(-c3ccccc3)c2n1. The van der Waals surface area contributed by atoms with E-state index in [4.69, 9.17) is 16.6 Å². The quantitative estimate of drug-likeness (QED) is 0.467. The maximum Gasteiger partial charge on any atom is 0.226 e. The lowest BCUT2D eigenvalue weighted by molar-refractivity contribution is 0.685. The molecule has 0 bridgehead atoms. The van der Waals surface area contributed by atoms with E-state index in [2.05, 4.69) is 34.6 Å². The van der Waals surface area contributed by atoms with Crippen molar-refractivity contribution in [2.75, 3.05) is 17.2 Å². The number of hydrogen-bond acceptors (Lipinski definition) is 5. The van der Waals surface area contributed by atoms with Gasteiger partial charge in [-0.1, -0.05) is 49.7 Å². The Kier molecular flexibility index (Phi) is 5.12. The number of halogens is 1. The summed E-state index contributed by atoms with van der Waals surface area (Å²) in [4.78, 5) is 9.39. The van der Waals surface area contributed by atoms with Crippen LogP contribution in [0.3, 0.4) is 0 Å². The highest BCUT2D eigenvalue weighted by Gasteiger charge is 2.14. The van der Waals surface area contributed by atoms with Gasteiger partial charge in [-0.25, -0.2) is 4.68 Å². The molecule has 7 heteroatoms. The van der Waals surface area contributed by atoms with E-state index in [9.17, 15) is 0 Å². The Morgan fingerprint density at radius 2 is 1.86 bits per heavy atom. The van der Waals surface area contributed by atoms with E-state index < -0.39 is 0 Å². The molecular formula is C21H21ClN6. The van der Waals surface area contributed by atoms with E-state index in [-0.39, 0.29) is 0 Å². The van der Waals surface area contributed by atoms with Crippen molar-refractivity contribution in [1.82, 2.24) is 19.7 Å². The molecule has 0 spiro atoms. The Balaban J connectivity index is 1.81. The summed E-state index contributed by atoms with van der Waals surface area (Å²) in [6, 6.07) is 17.5. The van der Waals surface area contributed by atoms with Crippen LogP contribution < -0.4 is 10.6 Å². The second-order valence-electron chi connectivity index (χ2n) is 6.94. The van der Waals surface area contributed by atoms with Crippen molar-refractivity contribution in [2.45, 2.75) is 13.8 Å². The number of aromatic nitrogens is 4. The summed E-state index contributed by atoms with van der Waals surface area (Å²) in [6.07, 6.45) is 1.78. The van der Waals surface area contributed by atoms with Gasteiger partial charge in [0.05, 0.1) is 17.3 Å². The molecule has 2 aromatic heterocycles. The van der Waals surface area contributed by atoms with Gasteiger partial charge in [-0.2, -0.15) is 15.1 Å². The van der Waals surface area contributed by atoms with Crippen molar-refractivity contribution in [1.29, 1.82) is 0 Å². The van der Waals surface area contributed by atoms with Gasteiger partial charge in [0.2, 0.25) is 5.95 Å². The zero-order valence-electron chi connectivity index (χ0n) is 15.7. The average molecular weight is 393 g/mol. The molecule has 28 heavy (non-hydrogen) atoms. The lowest BCUT2D eigenvalue weighted by Crippen LogP contribution is -2.12. The standard InChI is InChI=1S/C21H21ClN6/c1-14(2)12-23-21-26-19(25-16-8-6-7-15(22)11-16)18-13-24-28(20(18)27-21)17-9-4-3-5-10-17/h3-11,13-14H,12H2,1-2H3,(H2,23,25,26,27). The summed E-state index contributed by atoms with van der Waals surface area (Å²) in [5, 5.41) is 12.7. The van der Waals surface area contributed by atoms with Gasteiger partial charge in [-0.3, -0.25) is 0 Å². The van der Waals surface area contributed by atoms with Gasteiger partial charge in [0, 0.05) is 17.3 Å². The zero-order chi connectivity index (χ0) is 19.5. The Morgan fingerprint density at radius 1 is 1.04 bits per heavy atom. The number of hydrogen-bond donors (Lipinski definition) is 2. The molecule has 4 aromatic rings. The summed E-state index contributed by atoms with van der Waals surface area (Å²) in [6.45, 7) is 5.07. The maximum atomic E-state index is 6.13. The molecule has 4 rings (SSSR count). The molecule has 0 aliphatic rings. The van der Waals surface area contributed by atoms with Gasteiger partial charge < -0.3 is 10.6 Å². The fourth-order valence-electron chi connectivity index (χ4n) is 2.84. The van der Waals surface area contributed by atoms with E-state index in [1.54, 1.807) is 6.20 Å². The Morgan fingerprint density at radius 3 is 2.61 bits per heavy atom. The topological polar surface area (TPSA) is 67.7 Å². The van der Waals surface area contributed by atoms with E-state index in [0.29, 0.717) is 22.7 Å². The van der Waals surface area contributed by atoms with Crippen LogP contribution in [0.2, 0.25) is 5.02 Å². The van der Waals surface area contributed by atoms with Crippen molar-refractivity contribution in [3.63, 3.8) is 0 Å². The largest absolute Gasteiger partial charge is 0.354 e. The van der Waals surface area contributed by atoms with Crippen LogP contribution in [0.25, 0.3) is 16.7 Å². The number of rotatable bonds is 6. The van der Waals surface area contributed by atoms with E-state index >= 15 is 0 Å². The molecule has 0 aliphatic carbocycles. The molecule has 2 N–H and O–H groups in total. The number of nitrogens with one attached hydrogen (secondary N) is 2. The van der Waals surface area contributed by atoms with E-state index in [0.717, 1.165) is 29.0 Å². The predicted molar refractivity (Wildman–Crippen MR) is 115 cm³/mol. The molecule has 0 amide bonds. The fraction of sp³-hybridized carbons (Fsp3) is 0.190. The monoisotopic (exact) mass is 392 g/mol. The van der Waals surface area contributed by atoms with Crippen molar-refractivity contribution in [3.8, 4) is 5.69 Å². The van der Waals surface area contributed by atoms with Crippen LogP contribution in [0.4, 0.5) is 17.5 Å². The number of nitrogens with zero attached hydrogens (tertiary/aromatic N) is 4. The van der Waals surface area contributed by atoms with Gasteiger partial charge in [0.1, 0.15) is 5.82 Å². The fourth-order valence-corrected chi connectivity index (χ4v) is 3.03. The summed E-state index contributed by atoms with van der Waals surface area (Å²) < 4.78 is 1.82. The van der Waals surface area contributed by atoms with Crippen LogP contribution in [0, 0.1) is 5.92 Å². The third-order valence-corrected chi connectivity index (χ3v) is 4.42. The first-order valence-electron chi connectivity index (χ1n) is 9.18. The van der Waals surface area contributed by atoms with Gasteiger partial charge in [0.15, 0.2) is 5.65 Å². The molecule has 0 aliphatic heterocycles. The third-order valence-electron chi connectivity index (χ3n) is 4.19. The highest BCUT2D eigenvalue weighted by Crippen LogP contribution is 2.27. The highest BCUT2D eigenvalue weighted by molar-refractivity contribution is 6.30. The summed E-state index contributed by atoms with van der Waals surface area (Å²) in [5.74, 6) is 1.71. The van der Waals surface area contributed by atoms with Crippen molar-refractivity contribution < 1.29 is 0 Å². The lowest BCUT2D eigenvalue weighted by atomic mass is 10.2. The lowest BCUT2D eigenvalue weighted by Gasteiger charge is -2.12. The molecular weight excluding hydrogens is 372 g/mol. The van der Waals surface area contributed by atoms with Crippen LogP contribution in [0.15, 0.2) is 60.8 Å². The minimum absolute atomic E-state index is 0.475. The van der Waals surface area contributed by atoms with Crippen LogP contribution in [-0.4, -0.2) is 26.3 Å². The van der Waals surface area contributed by atoms with Crippen LogP contribution >= 0.6 is 11.6 Å². The first-order valence-corrected chi connectivity index (χ1v) is 9.55. The molecule has 6 nitrogen and oxygen atoms in total. The Hall–Kier alpha value is -3.12. The molecule has 0 atom stereocenters. The molecule has 2 heterocycles. The van der Waals surface area contributed by atoms with Crippen LogP contribution in [0.5, 0.6) is 0 Å². The third kappa shape index (κ3) is 3.92. The normalized spacial score (nSPS) is 11.1. The van der Waals surface area contributed by atoms with E-state index in [1.165, 1.54) is 0 Å². The second-order valence-corrected chi connectivity index (χ2v) is 7.37. The second kappa shape index (κ2) is 7.86. The van der Waals surface area contributed by atoms with Crippen molar-refractivity contribution in [3.05, 3.63) is 65.8 Å². The van der Waals surface area contributed by atoms with Gasteiger partial charge >= 0.3 is 0 Å². The first-order chi connectivity index (χ1) is 13.6. The molecule has 0 radical (unpaired) electrons. The minimum Gasteiger partial charge on any atom is -0.354 e. The molecule has 0 saturated carbocycles. The van der Waals surface area contributed by atoms with Crippen LogP contribution in [-0.2, 0) is 0 Å². The molecule has 0 unspecified atom stereocenters. The maximum absolute atomic E-state index is 6.13. The Bertz CT molecular complexity index is 1090. The number of fused-ring (bicyclic) bond motifs is 1. The minimum atomic E-state index is 0.475. The first kappa shape index (κ1) is 18.3. The molecule has 142 valence electrons. The van der Waals surface area contributed by atoms with Gasteiger partial charge in [0.25, 0.3) is 0 Å². The van der Waals surface area contributed by atoms with E-state index in [1.807, 2.05) is 59.3 Å². The van der Waals surface area contributed by atoms with Gasteiger partial charge in [-0.05, 0) is 36.2 Å². The van der Waals surface area contributed by atoms with Crippen LogP contribution in [0.1, 0.15) is 13.8 Å². The zero-order valence-corrected chi connectivity index (χ0v) is 16.5. The number of benzene rings is 2. The summed E-state index contributed by atoms with van der Waals surface area (Å²) >= 11 is 6.13. The average Bonchev–Trinajstić information content (AvgIpc) is 3.11. The summed E-state index contributed by atoms with van der Waals surface area (Å²) in [5.41, 5.74) is 2.53. The highest BCUT2D eigenvalue weighted by atomic mass is 35.5. The number of anilines is 3.